The third-order valence-electron chi connectivity index (χ3n) is 3.46. The van der Waals surface area contributed by atoms with Crippen LogP contribution in [0, 0.1) is 6.92 Å². The third kappa shape index (κ3) is 3.44. The van der Waals surface area contributed by atoms with Crippen molar-refractivity contribution in [2.75, 3.05) is 12.4 Å². The minimum Gasteiger partial charge on any atom is -0.465 e. The van der Waals surface area contributed by atoms with Crippen molar-refractivity contribution in [3.63, 3.8) is 0 Å². The number of carbonyl (C=O) groups is 2. The molecule has 2 aromatic carbocycles. The number of para-hydroxylation sites is 1. The van der Waals surface area contributed by atoms with E-state index in [-0.39, 0.29) is 5.91 Å². The van der Waals surface area contributed by atoms with E-state index in [1.54, 1.807) is 30.3 Å². The molecule has 0 fully saturated rings. The summed E-state index contributed by atoms with van der Waals surface area (Å²) in [4.78, 5) is 24.9. The Bertz CT molecular complexity index is 671. The zero-order valence-corrected chi connectivity index (χ0v) is 12.5. The lowest BCUT2D eigenvalue weighted by atomic mass is 10.0. The van der Waals surface area contributed by atoms with Gasteiger partial charge in [-0.05, 0) is 24.1 Å². The standard InChI is InChI=1S/C17H18N2O3/c1-12-8-6-7-11-14(12)18-16(20)15(19(2)17(21)22)13-9-4-3-5-10-13/h3-11,15H,1-2H3,(H,18,20)(H,21,22). The number of anilines is 1. The van der Waals surface area contributed by atoms with E-state index in [9.17, 15) is 14.7 Å². The lowest BCUT2D eigenvalue weighted by Gasteiger charge is -2.25. The van der Waals surface area contributed by atoms with Crippen molar-refractivity contribution in [1.29, 1.82) is 0 Å². The van der Waals surface area contributed by atoms with Crippen LogP contribution in [0.15, 0.2) is 54.6 Å². The number of carboxylic acid groups (broad SMARTS) is 1. The van der Waals surface area contributed by atoms with Crippen LogP contribution >= 0.6 is 0 Å². The highest BCUT2D eigenvalue weighted by Crippen LogP contribution is 2.23. The molecule has 5 nitrogen and oxygen atoms in total. The lowest BCUT2D eigenvalue weighted by molar-refractivity contribution is -0.120. The average Bonchev–Trinajstić information content (AvgIpc) is 2.50. The Labute approximate surface area is 129 Å². The summed E-state index contributed by atoms with van der Waals surface area (Å²) in [6.07, 6.45) is -1.16. The normalized spacial score (nSPS) is 11.5. The molecule has 0 saturated carbocycles. The van der Waals surface area contributed by atoms with Gasteiger partial charge in [-0.1, -0.05) is 48.5 Å². The highest BCUT2D eigenvalue weighted by atomic mass is 16.4. The van der Waals surface area contributed by atoms with Crippen LogP contribution in [0.1, 0.15) is 17.2 Å². The van der Waals surface area contributed by atoms with Crippen molar-refractivity contribution >= 4 is 17.7 Å². The first kappa shape index (κ1) is 15.6. The van der Waals surface area contributed by atoms with Crippen LogP contribution in [0.5, 0.6) is 0 Å². The first-order chi connectivity index (χ1) is 10.5. The fraction of sp³-hybridized carbons (Fsp3) is 0.176. The Morgan fingerprint density at radius 2 is 1.64 bits per heavy atom. The molecule has 0 aliphatic heterocycles. The van der Waals surface area contributed by atoms with E-state index >= 15 is 0 Å². The number of hydrogen-bond acceptors (Lipinski definition) is 2. The van der Waals surface area contributed by atoms with Crippen LogP contribution in [-0.4, -0.2) is 29.1 Å². The molecule has 2 rings (SSSR count). The monoisotopic (exact) mass is 298 g/mol. The Kier molecular flexibility index (Phi) is 4.78. The summed E-state index contributed by atoms with van der Waals surface area (Å²) in [6, 6.07) is 15.3. The summed E-state index contributed by atoms with van der Waals surface area (Å²) in [5, 5.41) is 12.0. The van der Waals surface area contributed by atoms with Crippen LogP contribution in [0.25, 0.3) is 0 Å². The van der Waals surface area contributed by atoms with Gasteiger partial charge in [0, 0.05) is 12.7 Å². The average molecular weight is 298 g/mol. The largest absolute Gasteiger partial charge is 0.465 e. The molecule has 1 unspecified atom stereocenters. The maximum atomic E-state index is 12.6. The number of nitrogens with one attached hydrogen (secondary N) is 1. The lowest BCUT2D eigenvalue weighted by Crippen LogP contribution is -2.37. The van der Waals surface area contributed by atoms with Crippen molar-refractivity contribution in [3.8, 4) is 0 Å². The zero-order chi connectivity index (χ0) is 16.1. The molecule has 2 amide bonds. The van der Waals surface area contributed by atoms with Gasteiger partial charge < -0.3 is 10.4 Å². The van der Waals surface area contributed by atoms with Gasteiger partial charge in [0.25, 0.3) is 5.91 Å². The first-order valence-corrected chi connectivity index (χ1v) is 6.88. The van der Waals surface area contributed by atoms with Gasteiger partial charge in [-0.2, -0.15) is 0 Å². The van der Waals surface area contributed by atoms with Crippen molar-refractivity contribution in [2.24, 2.45) is 0 Å². The van der Waals surface area contributed by atoms with Crippen LogP contribution < -0.4 is 5.32 Å². The molecule has 1 atom stereocenters. The Morgan fingerprint density at radius 3 is 2.23 bits per heavy atom. The number of likely N-dealkylation sites (N-methyl/N-ethyl adjacent to an activating group) is 1. The van der Waals surface area contributed by atoms with E-state index in [4.69, 9.17) is 0 Å². The zero-order valence-electron chi connectivity index (χ0n) is 12.5. The number of aryl methyl sites for hydroxylation is 1. The summed E-state index contributed by atoms with van der Waals surface area (Å²) in [5.74, 6) is -0.384. The number of hydrogen-bond donors (Lipinski definition) is 2. The van der Waals surface area contributed by atoms with Crippen molar-refractivity contribution in [3.05, 3.63) is 65.7 Å². The molecule has 5 heteroatoms. The minimum atomic E-state index is -1.16. The summed E-state index contributed by atoms with van der Waals surface area (Å²) in [7, 11) is 1.39. The Morgan fingerprint density at radius 1 is 1.05 bits per heavy atom. The quantitative estimate of drug-likeness (QED) is 0.910. The van der Waals surface area contributed by atoms with Gasteiger partial charge in [0.05, 0.1) is 0 Å². The van der Waals surface area contributed by atoms with Crippen LogP contribution in [-0.2, 0) is 4.79 Å². The molecule has 0 radical (unpaired) electrons. The van der Waals surface area contributed by atoms with E-state index in [0.29, 0.717) is 11.3 Å². The molecule has 0 bridgehead atoms. The molecule has 2 aromatic rings. The van der Waals surface area contributed by atoms with Crippen LogP contribution in [0.3, 0.4) is 0 Å². The van der Waals surface area contributed by atoms with Crippen molar-refractivity contribution in [2.45, 2.75) is 13.0 Å². The van der Waals surface area contributed by atoms with Gasteiger partial charge >= 0.3 is 6.09 Å². The summed E-state index contributed by atoms with van der Waals surface area (Å²) in [6.45, 7) is 1.88. The van der Waals surface area contributed by atoms with Crippen molar-refractivity contribution in [1.82, 2.24) is 4.90 Å². The maximum absolute atomic E-state index is 12.6. The third-order valence-corrected chi connectivity index (χ3v) is 3.46. The molecule has 0 heterocycles. The smallest absolute Gasteiger partial charge is 0.407 e. The molecule has 0 saturated heterocycles. The van der Waals surface area contributed by atoms with E-state index in [2.05, 4.69) is 5.32 Å². The van der Waals surface area contributed by atoms with Gasteiger partial charge in [-0.3, -0.25) is 9.69 Å². The Balaban J connectivity index is 2.31. The fourth-order valence-electron chi connectivity index (χ4n) is 2.21. The summed E-state index contributed by atoms with van der Waals surface area (Å²) < 4.78 is 0. The van der Waals surface area contributed by atoms with E-state index in [1.807, 2.05) is 31.2 Å². The van der Waals surface area contributed by atoms with Crippen LogP contribution in [0.2, 0.25) is 0 Å². The molecule has 0 aliphatic carbocycles. The first-order valence-electron chi connectivity index (χ1n) is 6.88. The minimum absolute atomic E-state index is 0.384. The SMILES string of the molecule is Cc1ccccc1NC(=O)C(c1ccccc1)N(C)C(=O)O. The predicted octanol–water partition coefficient (Wildman–Crippen LogP) is 3.28. The van der Waals surface area contributed by atoms with Gasteiger partial charge in [0.15, 0.2) is 0 Å². The number of rotatable bonds is 4. The summed E-state index contributed by atoms with van der Waals surface area (Å²) >= 11 is 0. The highest BCUT2D eigenvalue weighted by molar-refractivity contribution is 5.97. The topological polar surface area (TPSA) is 69.6 Å². The second-order valence-electron chi connectivity index (χ2n) is 5.01. The Hall–Kier alpha value is -2.82. The second-order valence-corrected chi connectivity index (χ2v) is 5.01. The fourth-order valence-corrected chi connectivity index (χ4v) is 2.21. The molecular formula is C17H18N2O3. The number of nitrogens with zero attached hydrogens (tertiary/aromatic N) is 1. The second kappa shape index (κ2) is 6.76. The molecule has 0 aromatic heterocycles. The van der Waals surface area contributed by atoms with E-state index < -0.39 is 12.1 Å². The molecule has 22 heavy (non-hydrogen) atoms. The predicted molar refractivity (Wildman–Crippen MR) is 84.8 cm³/mol. The maximum Gasteiger partial charge on any atom is 0.407 e. The molecule has 114 valence electrons. The van der Waals surface area contributed by atoms with Gasteiger partial charge in [-0.25, -0.2) is 4.79 Å². The molecular weight excluding hydrogens is 280 g/mol. The summed E-state index contributed by atoms with van der Waals surface area (Å²) in [5.41, 5.74) is 2.21. The van der Waals surface area contributed by atoms with E-state index in [1.165, 1.54) is 7.05 Å². The number of amides is 2. The van der Waals surface area contributed by atoms with E-state index in [0.717, 1.165) is 10.5 Å². The van der Waals surface area contributed by atoms with Crippen molar-refractivity contribution < 1.29 is 14.7 Å². The molecule has 0 aliphatic rings. The molecule has 2 N–H and O–H groups in total. The van der Waals surface area contributed by atoms with Gasteiger partial charge in [-0.15, -0.1) is 0 Å². The van der Waals surface area contributed by atoms with Gasteiger partial charge in [0.1, 0.15) is 6.04 Å². The van der Waals surface area contributed by atoms with Gasteiger partial charge in [0.2, 0.25) is 0 Å². The number of benzene rings is 2. The number of carbonyl (C=O) groups excluding carboxylic acids is 1. The van der Waals surface area contributed by atoms with Crippen LogP contribution in [0.4, 0.5) is 10.5 Å². The molecule has 0 spiro atoms. The highest BCUT2D eigenvalue weighted by Gasteiger charge is 2.28.